The monoisotopic (exact) mass is 258 g/mol. The summed E-state index contributed by atoms with van der Waals surface area (Å²) in [5.74, 6) is 1.94. The van der Waals surface area contributed by atoms with Gasteiger partial charge in [-0.15, -0.1) is 11.3 Å². The van der Waals surface area contributed by atoms with Crippen LogP contribution in [0.1, 0.15) is 44.1 Å². The van der Waals surface area contributed by atoms with Gasteiger partial charge in [0.05, 0.1) is 11.1 Å². The van der Waals surface area contributed by atoms with Crippen LogP contribution in [0.5, 0.6) is 0 Å². The van der Waals surface area contributed by atoms with Crippen molar-refractivity contribution in [1.29, 1.82) is 0 Å². The predicted molar refractivity (Wildman–Crippen MR) is 70.0 cm³/mol. The van der Waals surface area contributed by atoms with Crippen LogP contribution in [0, 0.1) is 17.8 Å². The maximum Gasteiger partial charge on any atom is 0.0910 e. The van der Waals surface area contributed by atoms with Crippen molar-refractivity contribution in [1.82, 2.24) is 0 Å². The Morgan fingerprint density at radius 1 is 1.38 bits per heavy atom. The summed E-state index contributed by atoms with van der Waals surface area (Å²) >= 11 is 7.47. The molecule has 0 spiro atoms. The van der Waals surface area contributed by atoms with E-state index in [2.05, 4.69) is 13.8 Å². The van der Waals surface area contributed by atoms with Crippen LogP contribution in [-0.2, 0) is 0 Å². The van der Waals surface area contributed by atoms with Crippen molar-refractivity contribution in [2.24, 2.45) is 17.8 Å². The molecule has 4 atom stereocenters. The van der Waals surface area contributed by atoms with E-state index in [0.29, 0.717) is 5.92 Å². The average molecular weight is 259 g/mol. The number of aliphatic hydroxyl groups is 1. The quantitative estimate of drug-likeness (QED) is 0.828. The summed E-state index contributed by atoms with van der Waals surface area (Å²) < 4.78 is 0. The lowest BCUT2D eigenvalue weighted by molar-refractivity contribution is 0.0586. The SMILES string of the molecule is CC1CCC(C(O)c2cc(Cl)cs2)CC1C. The first-order chi connectivity index (χ1) is 7.58. The molecule has 90 valence electrons. The Labute approximate surface area is 106 Å². The van der Waals surface area contributed by atoms with Gasteiger partial charge in [0.15, 0.2) is 0 Å². The largest absolute Gasteiger partial charge is 0.387 e. The van der Waals surface area contributed by atoms with Gasteiger partial charge in [-0.25, -0.2) is 0 Å². The molecule has 3 heteroatoms. The van der Waals surface area contributed by atoms with E-state index in [1.165, 1.54) is 6.42 Å². The number of halogens is 1. The summed E-state index contributed by atoms with van der Waals surface area (Å²) in [6, 6.07) is 1.90. The maximum absolute atomic E-state index is 10.3. The highest BCUT2D eigenvalue weighted by molar-refractivity contribution is 7.10. The topological polar surface area (TPSA) is 20.2 Å². The maximum atomic E-state index is 10.3. The van der Waals surface area contributed by atoms with Gasteiger partial charge in [0.1, 0.15) is 0 Å². The number of hydrogen-bond donors (Lipinski definition) is 1. The summed E-state index contributed by atoms with van der Waals surface area (Å²) in [6.45, 7) is 4.61. The minimum Gasteiger partial charge on any atom is -0.387 e. The van der Waals surface area contributed by atoms with Gasteiger partial charge in [0, 0.05) is 10.3 Å². The molecule has 1 aliphatic carbocycles. The molecule has 0 saturated heterocycles. The molecule has 1 nitrogen and oxygen atoms in total. The Hall–Kier alpha value is -0.0500. The molecule has 0 radical (unpaired) electrons. The molecule has 0 aliphatic heterocycles. The van der Waals surface area contributed by atoms with Crippen molar-refractivity contribution < 1.29 is 5.11 Å². The molecule has 1 heterocycles. The van der Waals surface area contributed by atoms with Crippen LogP contribution in [-0.4, -0.2) is 5.11 Å². The van der Waals surface area contributed by atoms with E-state index in [1.807, 2.05) is 11.4 Å². The lowest BCUT2D eigenvalue weighted by Crippen LogP contribution is -2.24. The summed E-state index contributed by atoms with van der Waals surface area (Å²) in [5.41, 5.74) is 0. The standard InChI is InChI=1S/C13H19ClOS/c1-8-3-4-10(5-9(8)2)13(15)12-6-11(14)7-16-12/h6-10,13,15H,3-5H2,1-2H3. The summed E-state index contributed by atoms with van der Waals surface area (Å²) in [6.07, 6.45) is 3.20. The minimum absolute atomic E-state index is 0.313. The van der Waals surface area contributed by atoms with E-state index in [-0.39, 0.29) is 6.10 Å². The first kappa shape index (κ1) is 12.4. The number of thiophene rings is 1. The Kier molecular flexibility index (Phi) is 3.93. The Morgan fingerprint density at radius 2 is 2.12 bits per heavy atom. The summed E-state index contributed by atoms with van der Waals surface area (Å²) in [5, 5.41) is 13.0. The van der Waals surface area contributed by atoms with E-state index < -0.39 is 0 Å². The highest BCUT2D eigenvalue weighted by Crippen LogP contribution is 2.41. The normalized spacial score (nSPS) is 32.6. The predicted octanol–water partition coefficient (Wildman–Crippen LogP) is 4.51. The lowest BCUT2D eigenvalue weighted by atomic mass is 9.74. The third-order valence-corrected chi connectivity index (χ3v) is 5.32. The zero-order valence-corrected chi connectivity index (χ0v) is 11.4. The number of hydrogen-bond acceptors (Lipinski definition) is 2. The van der Waals surface area contributed by atoms with E-state index in [0.717, 1.165) is 34.6 Å². The lowest BCUT2D eigenvalue weighted by Gasteiger charge is -2.34. The number of aliphatic hydroxyl groups excluding tert-OH is 1. The minimum atomic E-state index is -0.313. The van der Waals surface area contributed by atoms with Crippen molar-refractivity contribution in [3.8, 4) is 0 Å². The van der Waals surface area contributed by atoms with Gasteiger partial charge in [0.2, 0.25) is 0 Å². The van der Waals surface area contributed by atoms with E-state index >= 15 is 0 Å². The molecule has 0 aromatic carbocycles. The number of rotatable bonds is 2. The van der Waals surface area contributed by atoms with Gasteiger partial charge in [-0.3, -0.25) is 0 Å². The second kappa shape index (κ2) is 5.07. The second-order valence-corrected chi connectivity index (χ2v) is 6.52. The van der Waals surface area contributed by atoms with E-state index in [1.54, 1.807) is 11.3 Å². The van der Waals surface area contributed by atoms with Crippen LogP contribution >= 0.6 is 22.9 Å². The zero-order valence-electron chi connectivity index (χ0n) is 9.82. The van der Waals surface area contributed by atoms with Gasteiger partial charge in [0.25, 0.3) is 0 Å². The molecular weight excluding hydrogens is 240 g/mol. The molecule has 2 rings (SSSR count). The van der Waals surface area contributed by atoms with Gasteiger partial charge < -0.3 is 5.11 Å². The highest BCUT2D eigenvalue weighted by atomic mass is 35.5. The molecule has 0 bridgehead atoms. The molecule has 16 heavy (non-hydrogen) atoms. The fraction of sp³-hybridized carbons (Fsp3) is 0.692. The first-order valence-electron chi connectivity index (χ1n) is 6.00. The van der Waals surface area contributed by atoms with Gasteiger partial charge in [-0.2, -0.15) is 0 Å². The molecular formula is C13H19ClOS. The van der Waals surface area contributed by atoms with Crippen LogP contribution in [0.4, 0.5) is 0 Å². The molecule has 1 saturated carbocycles. The molecule has 1 fully saturated rings. The smallest absolute Gasteiger partial charge is 0.0910 e. The van der Waals surface area contributed by atoms with Crippen LogP contribution in [0.25, 0.3) is 0 Å². The molecule has 1 aromatic rings. The van der Waals surface area contributed by atoms with E-state index in [4.69, 9.17) is 11.6 Å². The van der Waals surface area contributed by atoms with Gasteiger partial charge >= 0.3 is 0 Å². The first-order valence-corrected chi connectivity index (χ1v) is 7.25. The third-order valence-electron chi connectivity index (χ3n) is 3.96. The van der Waals surface area contributed by atoms with Crippen molar-refractivity contribution in [2.75, 3.05) is 0 Å². The van der Waals surface area contributed by atoms with Crippen LogP contribution in [0.3, 0.4) is 0 Å². The van der Waals surface area contributed by atoms with Gasteiger partial charge in [-0.05, 0) is 36.7 Å². The summed E-state index contributed by atoms with van der Waals surface area (Å²) in [4.78, 5) is 1.02. The second-order valence-electron chi connectivity index (χ2n) is 5.14. The third kappa shape index (κ3) is 2.61. The average Bonchev–Trinajstić information content (AvgIpc) is 2.68. The van der Waals surface area contributed by atoms with E-state index in [9.17, 15) is 5.11 Å². The fourth-order valence-corrected chi connectivity index (χ4v) is 3.75. The molecule has 1 aromatic heterocycles. The molecule has 0 amide bonds. The molecule has 1 N–H and O–H groups in total. The summed E-state index contributed by atoms with van der Waals surface area (Å²) in [7, 11) is 0. The Balaban J connectivity index is 2.02. The van der Waals surface area contributed by atoms with Crippen molar-refractivity contribution in [3.05, 3.63) is 21.3 Å². The zero-order chi connectivity index (χ0) is 11.7. The van der Waals surface area contributed by atoms with Crippen LogP contribution in [0.2, 0.25) is 5.02 Å². The van der Waals surface area contributed by atoms with Crippen molar-refractivity contribution in [2.45, 2.75) is 39.2 Å². The molecule has 1 aliphatic rings. The highest BCUT2D eigenvalue weighted by Gasteiger charge is 2.30. The van der Waals surface area contributed by atoms with Crippen LogP contribution in [0.15, 0.2) is 11.4 Å². The van der Waals surface area contributed by atoms with Gasteiger partial charge in [-0.1, -0.05) is 31.9 Å². The van der Waals surface area contributed by atoms with Crippen LogP contribution < -0.4 is 0 Å². The Morgan fingerprint density at radius 3 is 2.69 bits per heavy atom. The molecule has 4 unspecified atom stereocenters. The Bertz CT molecular complexity index is 349. The van der Waals surface area contributed by atoms with Crippen molar-refractivity contribution >= 4 is 22.9 Å². The fourth-order valence-electron chi connectivity index (χ4n) is 2.59. The van der Waals surface area contributed by atoms with Crippen molar-refractivity contribution in [3.63, 3.8) is 0 Å².